The fraction of sp³-hybridized carbons (Fsp3) is 0.150. The lowest BCUT2D eigenvalue weighted by atomic mass is 10.2. The number of nitriles is 1. The summed E-state index contributed by atoms with van der Waals surface area (Å²) < 4.78 is 5.14. The molecule has 0 aliphatic rings. The summed E-state index contributed by atoms with van der Waals surface area (Å²) >= 11 is 0. The maximum absolute atomic E-state index is 12.2. The van der Waals surface area contributed by atoms with Crippen LogP contribution in [0.1, 0.15) is 34.1 Å². The molecular formula is C20H18N4O5. The van der Waals surface area contributed by atoms with Crippen molar-refractivity contribution >= 4 is 35.1 Å². The van der Waals surface area contributed by atoms with Crippen molar-refractivity contribution in [2.75, 3.05) is 10.6 Å². The van der Waals surface area contributed by atoms with Crippen LogP contribution in [0.3, 0.4) is 0 Å². The van der Waals surface area contributed by atoms with Gasteiger partial charge >= 0.3 is 5.97 Å². The second kappa shape index (κ2) is 9.66. The Morgan fingerprint density at radius 3 is 2.00 bits per heavy atom. The second-order valence-electron chi connectivity index (χ2n) is 5.94. The van der Waals surface area contributed by atoms with E-state index in [0.717, 1.165) is 0 Å². The highest BCUT2D eigenvalue weighted by Crippen LogP contribution is 2.13. The number of carbonyl (C=O) groups excluding carboxylic acids is 4. The molecule has 4 N–H and O–H groups in total. The Hall–Kier alpha value is -4.19. The summed E-state index contributed by atoms with van der Waals surface area (Å²) in [4.78, 5) is 46.8. The summed E-state index contributed by atoms with van der Waals surface area (Å²) in [5, 5.41) is 13.5. The number of nitrogens with two attached hydrogens (primary N) is 1. The van der Waals surface area contributed by atoms with Crippen LogP contribution >= 0.6 is 0 Å². The number of rotatable bonds is 7. The number of nitrogens with zero attached hydrogens (tertiary/aromatic N) is 1. The SMILES string of the molecule is CC(OC(=O)c1ccc(NC(=O)CC#N)cc1)C(=O)Nc1ccc(C(N)=O)cc1. The Bertz CT molecular complexity index is 962. The zero-order chi connectivity index (χ0) is 21.4. The number of benzene rings is 2. The highest BCUT2D eigenvalue weighted by molar-refractivity contribution is 5.98. The van der Waals surface area contributed by atoms with Gasteiger partial charge in [0.05, 0.1) is 11.6 Å². The monoisotopic (exact) mass is 394 g/mol. The number of primary amides is 1. The first-order valence-corrected chi connectivity index (χ1v) is 8.48. The van der Waals surface area contributed by atoms with E-state index >= 15 is 0 Å². The normalized spacial score (nSPS) is 10.9. The van der Waals surface area contributed by atoms with Gasteiger partial charge in [0.1, 0.15) is 6.42 Å². The lowest BCUT2D eigenvalue weighted by molar-refractivity contribution is -0.123. The van der Waals surface area contributed by atoms with Crippen LogP contribution in [0.4, 0.5) is 11.4 Å². The molecule has 1 atom stereocenters. The van der Waals surface area contributed by atoms with E-state index in [0.29, 0.717) is 16.9 Å². The molecular weight excluding hydrogens is 376 g/mol. The molecule has 29 heavy (non-hydrogen) atoms. The van der Waals surface area contributed by atoms with Gasteiger partial charge in [-0.1, -0.05) is 0 Å². The van der Waals surface area contributed by atoms with E-state index < -0.39 is 29.8 Å². The van der Waals surface area contributed by atoms with Gasteiger partial charge in [0.2, 0.25) is 11.8 Å². The Morgan fingerprint density at radius 1 is 0.966 bits per heavy atom. The number of hydrogen-bond donors (Lipinski definition) is 3. The van der Waals surface area contributed by atoms with Crippen molar-refractivity contribution in [3.63, 3.8) is 0 Å². The van der Waals surface area contributed by atoms with Crippen molar-refractivity contribution in [2.24, 2.45) is 5.73 Å². The molecule has 0 heterocycles. The first kappa shape index (κ1) is 21.1. The quantitative estimate of drug-likeness (QED) is 0.609. The predicted octanol–water partition coefficient (Wildman–Crippen LogP) is 1.82. The molecule has 0 radical (unpaired) electrons. The van der Waals surface area contributed by atoms with E-state index in [1.54, 1.807) is 6.07 Å². The highest BCUT2D eigenvalue weighted by atomic mass is 16.5. The average Bonchev–Trinajstić information content (AvgIpc) is 2.69. The van der Waals surface area contributed by atoms with E-state index in [1.165, 1.54) is 55.5 Å². The Labute approximate surface area is 166 Å². The molecule has 0 saturated heterocycles. The van der Waals surface area contributed by atoms with Crippen LogP contribution in [0, 0.1) is 11.3 Å². The topological polar surface area (TPSA) is 151 Å². The first-order valence-electron chi connectivity index (χ1n) is 8.48. The molecule has 9 heteroatoms. The molecule has 9 nitrogen and oxygen atoms in total. The molecule has 148 valence electrons. The third-order valence-corrected chi connectivity index (χ3v) is 3.73. The predicted molar refractivity (Wildman–Crippen MR) is 104 cm³/mol. The lowest BCUT2D eigenvalue weighted by Crippen LogP contribution is -2.30. The first-order chi connectivity index (χ1) is 13.8. The van der Waals surface area contributed by atoms with Gasteiger partial charge in [0.15, 0.2) is 6.10 Å². The number of hydrogen-bond acceptors (Lipinski definition) is 6. The molecule has 2 aromatic rings. The molecule has 3 amide bonds. The zero-order valence-corrected chi connectivity index (χ0v) is 15.5. The molecule has 0 saturated carbocycles. The number of nitrogens with one attached hydrogen (secondary N) is 2. The van der Waals surface area contributed by atoms with Crippen LogP contribution in [-0.4, -0.2) is 29.8 Å². The minimum Gasteiger partial charge on any atom is -0.449 e. The highest BCUT2D eigenvalue weighted by Gasteiger charge is 2.19. The van der Waals surface area contributed by atoms with Crippen LogP contribution in [0.2, 0.25) is 0 Å². The minimum atomic E-state index is -1.08. The number of carbonyl (C=O) groups is 4. The van der Waals surface area contributed by atoms with Crippen molar-refractivity contribution in [3.05, 3.63) is 59.7 Å². The van der Waals surface area contributed by atoms with Crippen LogP contribution in [0.25, 0.3) is 0 Å². The van der Waals surface area contributed by atoms with Crippen LogP contribution in [0.5, 0.6) is 0 Å². The fourth-order valence-corrected chi connectivity index (χ4v) is 2.21. The molecule has 0 bridgehead atoms. The van der Waals surface area contributed by atoms with Gasteiger partial charge < -0.3 is 21.1 Å². The van der Waals surface area contributed by atoms with Gasteiger partial charge in [-0.3, -0.25) is 14.4 Å². The van der Waals surface area contributed by atoms with Crippen molar-refractivity contribution in [2.45, 2.75) is 19.4 Å². The maximum atomic E-state index is 12.2. The van der Waals surface area contributed by atoms with Crippen molar-refractivity contribution in [1.82, 2.24) is 0 Å². The van der Waals surface area contributed by atoms with Crippen LogP contribution < -0.4 is 16.4 Å². The minimum absolute atomic E-state index is 0.189. The van der Waals surface area contributed by atoms with Crippen molar-refractivity contribution in [1.29, 1.82) is 5.26 Å². The van der Waals surface area contributed by atoms with E-state index in [1.807, 2.05) is 0 Å². The smallest absolute Gasteiger partial charge is 0.338 e. The molecule has 0 aliphatic heterocycles. The van der Waals surface area contributed by atoms with Crippen LogP contribution in [0.15, 0.2) is 48.5 Å². The van der Waals surface area contributed by atoms with Gasteiger partial charge in [-0.2, -0.15) is 5.26 Å². The Kier molecular flexibility index (Phi) is 7.03. The maximum Gasteiger partial charge on any atom is 0.338 e. The molecule has 2 rings (SSSR count). The molecule has 0 spiro atoms. The van der Waals surface area contributed by atoms with Gasteiger partial charge in [0.25, 0.3) is 5.91 Å². The standard InChI is InChI=1S/C20H18N4O5/c1-12(19(27)24-16-6-2-13(3-7-16)18(22)26)29-20(28)14-4-8-15(9-5-14)23-17(25)10-11-21/h2-9,12H,10H2,1H3,(H2,22,26)(H,23,25)(H,24,27). The van der Waals surface area contributed by atoms with Crippen LogP contribution in [-0.2, 0) is 14.3 Å². The van der Waals surface area contributed by atoms with Crippen molar-refractivity contribution < 1.29 is 23.9 Å². The third kappa shape index (κ3) is 6.18. The summed E-state index contributed by atoms with van der Waals surface area (Å²) in [5.74, 6) is -2.31. The molecule has 0 fully saturated rings. The number of esters is 1. The summed E-state index contributed by atoms with van der Waals surface area (Å²) in [7, 11) is 0. The van der Waals surface area contributed by atoms with Crippen molar-refractivity contribution in [3.8, 4) is 6.07 Å². The van der Waals surface area contributed by atoms with E-state index in [9.17, 15) is 19.2 Å². The fourth-order valence-electron chi connectivity index (χ4n) is 2.21. The Balaban J connectivity index is 1.92. The summed E-state index contributed by atoms with van der Waals surface area (Å²) in [6, 6.07) is 13.5. The van der Waals surface area contributed by atoms with E-state index in [-0.39, 0.29) is 12.0 Å². The molecule has 2 aromatic carbocycles. The van der Waals surface area contributed by atoms with Gasteiger partial charge in [0, 0.05) is 16.9 Å². The largest absolute Gasteiger partial charge is 0.449 e. The summed E-state index contributed by atoms with van der Waals surface area (Å²) in [5.41, 5.74) is 6.48. The summed E-state index contributed by atoms with van der Waals surface area (Å²) in [6.07, 6.45) is -1.35. The second-order valence-corrected chi connectivity index (χ2v) is 5.94. The van der Waals surface area contributed by atoms with E-state index in [4.69, 9.17) is 15.7 Å². The molecule has 1 unspecified atom stereocenters. The van der Waals surface area contributed by atoms with Gasteiger partial charge in [-0.25, -0.2) is 4.79 Å². The number of ether oxygens (including phenoxy) is 1. The number of amides is 3. The number of anilines is 2. The zero-order valence-electron chi connectivity index (χ0n) is 15.5. The van der Waals surface area contributed by atoms with E-state index in [2.05, 4.69) is 10.6 Å². The van der Waals surface area contributed by atoms with Gasteiger partial charge in [-0.05, 0) is 55.5 Å². The third-order valence-electron chi connectivity index (χ3n) is 3.73. The molecule has 0 aromatic heterocycles. The Morgan fingerprint density at radius 2 is 1.48 bits per heavy atom. The molecule has 0 aliphatic carbocycles. The lowest BCUT2D eigenvalue weighted by Gasteiger charge is -2.14. The average molecular weight is 394 g/mol. The van der Waals surface area contributed by atoms with Gasteiger partial charge in [-0.15, -0.1) is 0 Å². The summed E-state index contributed by atoms with van der Waals surface area (Å²) in [6.45, 7) is 1.42.